The quantitative estimate of drug-likeness (QED) is 0.285. The van der Waals surface area contributed by atoms with E-state index in [1.807, 2.05) is 39.0 Å². The Morgan fingerprint density at radius 2 is 1.94 bits per heavy atom. The van der Waals surface area contributed by atoms with Crippen molar-refractivity contribution in [3.63, 3.8) is 0 Å². The lowest BCUT2D eigenvalue weighted by atomic mass is 10.1. The van der Waals surface area contributed by atoms with E-state index in [4.69, 9.17) is 18.9 Å². The molecule has 0 aromatic carbocycles. The summed E-state index contributed by atoms with van der Waals surface area (Å²) in [4.78, 5) is 24.0. The van der Waals surface area contributed by atoms with E-state index in [1.165, 1.54) is 21.0 Å². The molecule has 3 N–H and O–H groups in total. The first kappa shape index (κ1) is 28.8. The molecule has 0 spiro atoms. The summed E-state index contributed by atoms with van der Waals surface area (Å²) in [5, 5.41) is 9.77. The Labute approximate surface area is 185 Å². The van der Waals surface area contributed by atoms with Crippen LogP contribution in [0.2, 0.25) is 0 Å². The van der Waals surface area contributed by atoms with Gasteiger partial charge in [-0.15, -0.1) is 6.58 Å². The first-order valence-corrected chi connectivity index (χ1v) is 10.3. The van der Waals surface area contributed by atoms with Crippen molar-refractivity contribution in [2.24, 2.45) is 0 Å². The third-order valence-electron chi connectivity index (χ3n) is 3.80. The molecule has 0 radical (unpaired) electrons. The zero-order chi connectivity index (χ0) is 23.9. The van der Waals surface area contributed by atoms with Crippen LogP contribution in [0, 0.1) is 0 Å². The second-order valence-electron chi connectivity index (χ2n) is 7.21. The standard InChI is InChI=1S/C19H32N2O7.C3H6/c1-6-8-10-13(9-7-2)12-26-18(23)21-20-16(22)14-11-15(17(25-5)27-14)28-19(3,4)24;1-3-2/h6,8-9,14-15,17,24H,7,10-12H2,1-5H3,(H,20,22)(H,21,23);3H,1H2,2H3/b8-6-,13-9+;/t14-,15?,17?;/m0./s1. The van der Waals surface area contributed by atoms with E-state index in [0.29, 0.717) is 6.42 Å². The highest BCUT2D eigenvalue weighted by Gasteiger charge is 2.42. The second-order valence-corrected chi connectivity index (χ2v) is 7.21. The number of amides is 2. The van der Waals surface area contributed by atoms with Gasteiger partial charge in [-0.1, -0.05) is 31.2 Å². The van der Waals surface area contributed by atoms with Gasteiger partial charge in [0, 0.05) is 13.5 Å². The maximum absolute atomic E-state index is 12.2. The van der Waals surface area contributed by atoms with E-state index < -0.39 is 36.3 Å². The molecule has 0 aliphatic carbocycles. The van der Waals surface area contributed by atoms with E-state index >= 15 is 0 Å². The second kappa shape index (κ2) is 15.6. The number of rotatable bonds is 9. The van der Waals surface area contributed by atoms with Crippen LogP contribution in [-0.2, 0) is 23.7 Å². The Bertz CT molecular complexity index is 611. The van der Waals surface area contributed by atoms with Gasteiger partial charge >= 0.3 is 6.09 Å². The van der Waals surface area contributed by atoms with Crippen LogP contribution < -0.4 is 10.9 Å². The molecule has 31 heavy (non-hydrogen) atoms. The van der Waals surface area contributed by atoms with Crippen molar-refractivity contribution in [2.45, 2.75) is 78.2 Å². The van der Waals surface area contributed by atoms with Crippen LogP contribution >= 0.6 is 0 Å². The molecule has 1 heterocycles. The zero-order valence-electron chi connectivity index (χ0n) is 19.5. The monoisotopic (exact) mass is 442 g/mol. The summed E-state index contributed by atoms with van der Waals surface area (Å²) in [6, 6.07) is 0. The molecule has 3 atom stereocenters. The molecule has 0 bridgehead atoms. The van der Waals surface area contributed by atoms with E-state index in [9.17, 15) is 14.7 Å². The Kier molecular flexibility index (Phi) is 14.5. The van der Waals surface area contributed by atoms with Gasteiger partial charge in [0.25, 0.3) is 5.91 Å². The third-order valence-corrected chi connectivity index (χ3v) is 3.80. The minimum Gasteiger partial charge on any atom is -0.444 e. The predicted molar refractivity (Wildman–Crippen MR) is 118 cm³/mol. The zero-order valence-corrected chi connectivity index (χ0v) is 19.5. The van der Waals surface area contributed by atoms with Gasteiger partial charge in [0.05, 0.1) is 0 Å². The lowest BCUT2D eigenvalue weighted by Gasteiger charge is -2.25. The Morgan fingerprint density at radius 1 is 1.29 bits per heavy atom. The van der Waals surface area contributed by atoms with Crippen molar-refractivity contribution in [3.05, 3.63) is 36.5 Å². The predicted octanol–water partition coefficient (Wildman–Crippen LogP) is 3.11. The van der Waals surface area contributed by atoms with E-state index in [0.717, 1.165) is 12.0 Å². The number of hydrazine groups is 1. The van der Waals surface area contributed by atoms with Gasteiger partial charge < -0.3 is 24.1 Å². The summed E-state index contributed by atoms with van der Waals surface area (Å²) in [6.45, 7) is 12.3. The molecule has 2 unspecified atom stereocenters. The normalized spacial score (nSPS) is 21.3. The molecule has 1 saturated heterocycles. The number of aliphatic hydroxyl groups is 1. The fraction of sp³-hybridized carbons (Fsp3) is 0.636. The van der Waals surface area contributed by atoms with Gasteiger partial charge in [-0.3, -0.25) is 10.2 Å². The van der Waals surface area contributed by atoms with Crippen molar-refractivity contribution >= 4 is 12.0 Å². The first-order chi connectivity index (χ1) is 14.6. The van der Waals surface area contributed by atoms with E-state index in [1.54, 1.807) is 6.08 Å². The van der Waals surface area contributed by atoms with Crippen LogP contribution in [0.3, 0.4) is 0 Å². The average molecular weight is 443 g/mol. The molecule has 1 rings (SSSR count). The highest BCUT2D eigenvalue weighted by atomic mass is 16.7. The van der Waals surface area contributed by atoms with Gasteiger partial charge in [0.15, 0.2) is 12.1 Å². The van der Waals surface area contributed by atoms with Crippen molar-refractivity contribution in [1.82, 2.24) is 10.9 Å². The number of carbonyl (C=O) groups is 2. The molecular weight excluding hydrogens is 404 g/mol. The topological polar surface area (TPSA) is 115 Å². The van der Waals surface area contributed by atoms with Gasteiger partial charge in [-0.05, 0) is 46.1 Å². The molecule has 1 aliphatic heterocycles. The van der Waals surface area contributed by atoms with Gasteiger partial charge in [0.2, 0.25) is 0 Å². The maximum Gasteiger partial charge on any atom is 0.426 e. The number of hydrogen-bond donors (Lipinski definition) is 3. The maximum atomic E-state index is 12.2. The molecule has 178 valence electrons. The number of methoxy groups -OCH3 is 1. The average Bonchev–Trinajstić information content (AvgIpc) is 3.10. The fourth-order valence-electron chi connectivity index (χ4n) is 2.62. The third kappa shape index (κ3) is 13.0. The number of carbonyl (C=O) groups excluding carboxylic acids is 2. The van der Waals surface area contributed by atoms with Gasteiger partial charge in [0.1, 0.15) is 18.8 Å². The fourth-order valence-corrected chi connectivity index (χ4v) is 2.62. The summed E-state index contributed by atoms with van der Waals surface area (Å²) >= 11 is 0. The minimum absolute atomic E-state index is 0.132. The summed E-state index contributed by atoms with van der Waals surface area (Å²) in [7, 11) is 1.41. The summed E-state index contributed by atoms with van der Waals surface area (Å²) in [5.74, 6) is -1.96. The molecule has 0 saturated carbocycles. The molecule has 2 amide bonds. The Hall–Kier alpha value is -2.20. The van der Waals surface area contributed by atoms with Crippen molar-refractivity contribution in [2.75, 3.05) is 13.7 Å². The highest BCUT2D eigenvalue weighted by molar-refractivity contribution is 5.83. The SMILES string of the molecule is C/C=C\C/C(=C\CC)COC(=O)NNC(=O)[C@@H]1CC(OC(C)(C)O)C(OC)O1.C=CC. The van der Waals surface area contributed by atoms with Crippen molar-refractivity contribution < 1.29 is 33.6 Å². The number of allylic oxidation sites excluding steroid dienone is 4. The van der Waals surface area contributed by atoms with Gasteiger partial charge in [-0.25, -0.2) is 10.2 Å². The smallest absolute Gasteiger partial charge is 0.426 e. The summed E-state index contributed by atoms with van der Waals surface area (Å²) in [6.07, 6.45) is 6.23. The Morgan fingerprint density at radius 3 is 2.45 bits per heavy atom. The summed E-state index contributed by atoms with van der Waals surface area (Å²) < 4.78 is 21.1. The van der Waals surface area contributed by atoms with Crippen LogP contribution in [0.5, 0.6) is 0 Å². The number of hydrogen-bond acceptors (Lipinski definition) is 7. The van der Waals surface area contributed by atoms with Crippen LogP contribution in [-0.4, -0.2) is 55.1 Å². The lowest BCUT2D eigenvalue weighted by Crippen LogP contribution is -2.46. The van der Waals surface area contributed by atoms with Crippen LogP contribution in [0.25, 0.3) is 0 Å². The molecular formula is C22H38N2O7. The molecule has 0 aromatic heterocycles. The minimum atomic E-state index is -1.39. The Balaban J connectivity index is 0.00000282. The van der Waals surface area contributed by atoms with Crippen LogP contribution in [0.1, 0.15) is 53.9 Å². The van der Waals surface area contributed by atoms with Crippen LogP contribution in [0.15, 0.2) is 36.5 Å². The molecule has 1 aliphatic rings. The lowest BCUT2D eigenvalue weighted by molar-refractivity contribution is -0.246. The number of ether oxygens (including phenoxy) is 4. The van der Waals surface area contributed by atoms with E-state index in [-0.39, 0.29) is 13.0 Å². The largest absolute Gasteiger partial charge is 0.444 e. The van der Waals surface area contributed by atoms with Gasteiger partial charge in [-0.2, -0.15) is 0 Å². The molecule has 9 heteroatoms. The molecule has 0 aromatic rings. The van der Waals surface area contributed by atoms with E-state index in [2.05, 4.69) is 17.4 Å². The van der Waals surface area contributed by atoms with Crippen molar-refractivity contribution in [3.8, 4) is 0 Å². The van der Waals surface area contributed by atoms with Crippen LogP contribution in [0.4, 0.5) is 4.79 Å². The molecule has 1 fully saturated rings. The summed E-state index contributed by atoms with van der Waals surface area (Å²) in [5.41, 5.74) is 5.42. The van der Waals surface area contributed by atoms with Crippen molar-refractivity contribution in [1.29, 1.82) is 0 Å². The first-order valence-electron chi connectivity index (χ1n) is 10.3. The number of nitrogens with one attached hydrogen (secondary N) is 2. The highest BCUT2D eigenvalue weighted by Crippen LogP contribution is 2.27. The molecule has 9 nitrogen and oxygen atoms in total.